The second kappa shape index (κ2) is 6.72. The van der Waals surface area contributed by atoms with Crippen LogP contribution >= 0.6 is 0 Å². The highest BCUT2D eigenvalue weighted by atomic mass is 16.3. The van der Waals surface area contributed by atoms with E-state index in [4.69, 9.17) is 0 Å². The van der Waals surface area contributed by atoms with Gasteiger partial charge in [0.05, 0.1) is 6.61 Å². The molecule has 0 saturated carbocycles. The first kappa shape index (κ1) is 14.9. The molecule has 3 nitrogen and oxygen atoms in total. The van der Waals surface area contributed by atoms with Gasteiger partial charge in [-0.15, -0.1) is 0 Å². The van der Waals surface area contributed by atoms with Gasteiger partial charge >= 0.3 is 0 Å². The van der Waals surface area contributed by atoms with Gasteiger partial charge in [-0.05, 0) is 44.7 Å². The molecule has 1 rings (SSSR count). The van der Waals surface area contributed by atoms with Crippen LogP contribution in [-0.2, 0) is 0 Å². The van der Waals surface area contributed by atoms with E-state index in [1.807, 2.05) is 0 Å². The van der Waals surface area contributed by atoms with Gasteiger partial charge in [0.15, 0.2) is 0 Å². The van der Waals surface area contributed by atoms with E-state index in [0.717, 1.165) is 24.8 Å². The third-order valence-electron chi connectivity index (χ3n) is 4.22. The quantitative estimate of drug-likeness (QED) is 0.713. The summed E-state index contributed by atoms with van der Waals surface area (Å²) in [5, 5.41) is 12.8. The zero-order valence-electron chi connectivity index (χ0n) is 12.0. The van der Waals surface area contributed by atoms with E-state index in [9.17, 15) is 5.11 Å². The monoisotopic (exact) mass is 242 g/mol. The van der Waals surface area contributed by atoms with Gasteiger partial charge in [0, 0.05) is 18.6 Å². The third kappa shape index (κ3) is 4.57. The number of rotatable bonds is 7. The molecule has 0 spiro atoms. The van der Waals surface area contributed by atoms with Crippen molar-refractivity contribution in [1.82, 2.24) is 10.2 Å². The minimum absolute atomic E-state index is 0.0916. The zero-order valence-corrected chi connectivity index (χ0v) is 12.0. The summed E-state index contributed by atoms with van der Waals surface area (Å²) in [7, 11) is 0. The lowest BCUT2D eigenvalue weighted by Gasteiger charge is -2.29. The van der Waals surface area contributed by atoms with Crippen molar-refractivity contribution in [1.29, 1.82) is 0 Å². The van der Waals surface area contributed by atoms with Crippen LogP contribution in [-0.4, -0.2) is 48.3 Å². The van der Waals surface area contributed by atoms with Gasteiger partial charge in [0.2, 0.25) is 0 Å². The molecule has 1 aliphatic heterocycles. The van der Waals surface area contributed by atoms with Gasteiger partial charge in [-0.3, -0.25) is 0 Å². The number of likely N-dealkylation sites (N-methyl/N-ethyl adjacent to an activating group) is 1. The summed E-state index contributed by atoms with van der Waals surface area (Å²) in [5.41, 5.74) is -0.0916. The molecule has 1 aliphatic rings. The number of nitrogens with one attached hydrogen (secondary N) is 1. The molecule has 1 fully saturated rings. The van der Waals surface area contributed by atoms with Gasteiger partial charge in [0.25, 0.3) is 0 Å². The lowest BCUT2D eigenvalue weighted by molar-refractivity contribution is 0.160. The number of aliphatic hydroxyl groups is 1. The molecule has 1 heterocycles. The summed E-state index contributed by atoms with van der Waals surface area (Å²) < 4.78 is 0. The Hall–Kier alpha value is -0.120. The minimum Gasteiger partial charge on any atom is -0.394 e. The van der Waals surface area contributed by atoms with Crippen molar-refractivity contribution in [3.63, 3.8) is 0 Å². The van der Waals surface area contributed by atoms with Gasteiger partial charge in [0.1, 0.15) is 0 Å². The van der Waals surface area contributed by atoms with Crippen LogP contribution in [0.5, 0.6) is 0 Å². The van der Waals surface area contributed by atoms with Crippen molar-refractivity contribution in [2.45, 2.75) is 46.1 Å². The standard InChI is InChI=1S/C14H30N2O/c1-5-15-14(4,11-17)7-6-8-16-9-12(2)13(3)10-16/h12-13,15,17H,5-11H2,1-4H3. The van der Waals surface area contributed by atoms with Gasteiger partial charge in [-0.2, -0.15) is 0 Å². The minimum atomic E-state index is -0.0916. The van der Waals surface area contributed by atoms with Crippen molar-refractivity contribution in [2.75, 3.05) is 32.8 Å². The molecule has 0 aromatic rings. The molecule has 0 radical (unpaired) electrons. The molecule has 102 valence electrons. The van der Waals surface area contributed by atoms with Crippen molar-refractivity contribution in [3.8, 4) is 0 Å². The first-order valence-corrected chi connectivity index (χ1v) is 7.09. The zero-order chi connectivity index (χ0) is 12.9. The van der Waals surface area contributed by atoms with Crippen LogP contribution in [0.2, 0.25) is 0 Å². The molecule has 2 N–H and O–H groups in total. The maximum atomic E-state index is 9.42. The topological polar surface area (TPSA) is 35.5 Å². The number of likely N-dealkylation sites (tertiary alicyclic amines) is 1. The maximum absolute atomic E-state index is 9.42. The largest absolute Gasteiger partial charge is 0.394 e. The molecule has 3 heteroatoms. The van der Waals surface area contributed by atoms with Crippen molar-refractivity contribution < 1.29 is 5.11 Å². The van der Waals surface area contributed by atoms with E-state index in [1.54, 1.807) is 0 Å². The molecule has 0 amide bonds. The summed E-state index contributed by atoms with van der Waals surface area (Å²) in [6.45, 7) is 13.7. The predicted octanol–water partition coefficient (Wildman–Crippen LogP) is 1.71. The summed E-state index contributed by atoms with van der Waals surface area (Å²) in [5.74, 6) is 1.68. The van der Waals surface area contributed by atoms with Crippen molar-refractivity contribution in [2.24, 2.45) is 11.8 Å². The summed E-state index contributed by atoms with van der Waals surface area (Å²) in [6, 6.07) is 0. The van der Waals surface area contributed by atoms with Crippen molar-refractivity contribution >= 4 is 0 Å². The summed E-state index contributed by atoms with van der Waals surface area (Å²) in [6.07, 6.45) is 2.22. The number of hydrogen-bond acceptors (Lipinski definition) is 3. The lowest BCUT2D eigenvalue weighted by atomic mass is 9.96. The van der Waals surface area contributed by atoms with E-state index in [1.165, 1.54) is 26.1 Å². The van der Waals surface area contributed by atoms with E-state index < -0.39 is 0 Å². The Labute approximate surface area is 107 Å². The number of nitrogens with zero attached hydrogens (tertiary/aromatic N) is 1. The molecule has 1 saturated heterocycles. The normalized spacial score (nSPS) is 29.5. The summed E-state index contributed by atoms with van der Waals surface area (Å²) in [4.78, 5) is 2.57. The Morgan fingerprint density at radius 2 is 1.88 bits per heavy atom. The molecular weight excluding hydrogens is 212 g/mol. The second-order valence-corrected chi connectivity index (χ2v) is 6.07. The van der Waals surface area contributed by atoms with Gasteiger partial charge < -0.3 is 15.3 Å². The molecule has 17 heavy (non-hydrogen) atoms. The average molecular weight is 242 g/mol. The van der Waals surface area contributed by atoms with E-state index in [2.05, 4.69) is 37.9 Å². The second-order valence-electron chi connectivity index (χ2n) is 6.07. The fourth-order valence-corrected chi connectivity index (χ4v) is 2.77. The van der Waals surface area contributed by atoms with E-state index >= 15 is 0 Å². The fourth-order valence-electron chi connectivity index (χ4n) is 2.77. The van der Waals surface area contributed by atoms with Crippen LogP contribution < -0.4 is 5.32 Å². The lowest BCUT2D eigenvalue weighted by Crippen LogP contribution is -2.46. The first-order valence-electron chi connectivity index (χ1n) is 7.09. The average Bonchev–Trinajstić information content (AvgIpc) is 2.59. The SMILES string of the molecule is CCNC(C)(CO)CCCN1CC(C)C(C)C1. The van der Waals surface area contributed by atoms with Crippen LogP contribution in [0.15, 0.2) is 0 Å². The maximum Gasteiger partial charge on any atom is 0.0610 e. The molecule has 3 atom stereocenters. The Morgan fingerprint density at radius 3 is 2.35 bits per heavy atom. The van der Waals surface area contributed by atoms with Crippen LogP contribution in [0.1, 0.15) is 40.5 Å². The molecule has 0 aromatic carbocycles. The Bertz CT molecular complexity index is 212. The van der Waals surface area contributed by atoms with Crippen LogP contribution in [0.3, 0.4) is 0 Å². The Morgan fingerprint density at radius 1 is 1.29 bits per heavy atom. The van der Waals surface area contributed by atoms with E-state index in [-0.39, 0.29) is 12.1 Å². The van der Waals surface area contributed by atoms with Gasteiger partial charge in [-0.1, -0.05) is 20.8 Å². The molecule has 0 aliphatic carbocycles. The predicted molar refractivity (Wildman–Crippen MR) is 73.2 cm³/mol. The molecular formula is C14H30N2O. The Balaban J connectivity index is 2.23. The molecule has 0 aromatic heterocycles. The van der Waals surface area contributed by atoms with Crippen molar-refractivity contribution in [3.05, 3.63) is 0 Å². The summed E-state index contributed by atoms with van der Waals surface area (Å²) >= 11 is 0. The highest BCUT2D eigenvalue weighted by molar-refractivity contribution is 4.83. The van der Waals surface area contributed by atoms with Gasteiger partial charge in [-0.25, -0.2) is 0 Å². The molecule has 3 unspecified atom stereocenters. The third-order valence-corrected chi connectivity index (χ3v) is 4.22. The number of aliphatic hydroxyl groups excluding tert-OH is 1. The Kier molecular flexibility index (Phi) is 5.90. The highest BCUT2D eigenvalue weighted by Gasteiger charge is 2.26. The van der Waals surface area contributed by atoms with Crippen LogP contribution in [0.25, 0.3) is 0 Å². The van der Waals surface area contributed by atoms with Crippen LogP contribution in [0.4, 0.5) is 0 Å². The van der Waals surface area contributed by atoms with Crippen LogP contribution in [0, 0.1) is 11.8 Å². The first-order chi connectivity index (χ1) is 8.00. The van der Waals surface area contributed by atoms with E-state index in [0.29, 0.717) is 0 Å². The fraction of sp³-hybridized carbons (Fsp3) is 1.00. The smallest absolute Gasteiger partial charge is 0.0610 e. The number of hydrogen-bond donors (Lipinski definition) is 2. The molecule has 0 bridgehead atoms. The highest BCUT2D eigenvalue weighted by Crippen LogP contribution is 2.22.